The second kappa shape index (κ2) is 5.75. The number of nitrogens with zero attached hydrogens (tertiary/aromatic N) is 2. The standard InChI is InChI=1S/C13H13BrClN3O/c1-3-12-9(7-18(2)17-12)13(19)16-8-4-5-11(15)10(14)6-8/h4-7H,3H2,1-2H3,(H,16,19). The summed E-state index contributed by atoms with van der Waals surface area (Å²) in [6.07, 6.45) is 2.44. The molecule has 0 saturated carbocycles. The van der Waals surface area contributed by atoms with Gasteiger partial charge in [-0.3, -0.25) is 9.48 Å². The van der Waals surface area contributed by atoms with Gasteiger partial charge in [-0.15, -0.1) is 0 Å². The van der Waals surface area contributed by atoms with Gasteiger partial charge < -0.3 is 5.32 Å². The molecule has 0 saturated heterocycles. The molecule has 19 heavy (non-hydrogen) atoms. The predicted octanol–water partition coefficient (Wildman–Crippen LogP) is 3.65. The van der Waals surface area contributed by atoms with Crippen LogP contribution in [0.1, 0.15) is 23.0 Å². The van der Waals surface area contributed by atoms with E-state index in [0.717, 1.165) is 10.2 Å². The summed E-state index contributed by atoms with van der Waals surface area (Å²) in [6.45, 7) is 1.97. The van der Waals surface area contributed by atoms with Gasteiger partial charge >= 0.3 is 0 Å². The van der Waals surface area contributed by atoms with Crippen LogP contribution in [0.2, 0.25) is 5.02 Å². The van der Waals surface area contributed by atoms with Gasteiger partial charge in [0.25, 0.3) is 5.91 Å². The fourth-order valence-corrected chi connectivity index (χ4v) is 2.25. The van der Waals surface area contributed by atoms with Crippen LogP contribution in [-0.4, -0.2) is 15.7 Å². The first-order chi connectivity index (χ1) is 9.01. The highest BCUT2D eigenvalue weighted by molar-refractivity contribution is 9.10. The summed E-state index contributed by atoms with van der Waals surface area (Å²) in [5.41, 5.74) is 2.07. The highest BCUT2D eigenvalue weighted by atomic mass is 79.9. The van der Waals surface area contributed by atoms with Gasteiger partial charge in [0, 0.05) is 23.4 Å². The van der Waals surface area contributed by atoms with Crippen molar-refractivity contribution in [1.29, 1.82) is 0 Å². The van der Waals surface area contributed by atoms with Gasteiger partial charge in [0.15, 0.2) is 0 Å². The number of carbonyl (C=O) groups excluding carboxylic acids is 1. The molecule has 2 rings (SSSR count). The maximum Gasteiger partial charge on any atom is 0.259 e. The molecule has 0 unspecified atom stereocenters. The Hall–Kier alpha value is -1.33. The summed E-state index contributed by atoms with van der Waals surface area (Å²) in [5, 5.41) is 7.69. The smallest absolute Gasteiger partial charge is 0.259 e. The van der Waals surface area contributed by atoms with E-state index < -0.39 is 0 Å². The Morgan fingerprint density at radius 3 is 2.89 bits per heavy atom. The highest BCUT2D eigenvalue weighted by Gasteiger charge is 2.14. The van der Waals surface area contributed by atoms with Gasteiger partial charge in [0.1, 0.15) is 0 Å². The SMILES string of the molecule is CCc1nn(C)cc1C(=O)Nc1ccc(Cl)c(Br)c1. The van der Waals surface area contributed by atoms with Gasteiger partial charge in [0.2, 0.25) is 0 Å². The second-order valence-corrected chi connectivity index (χ2v) is 5.36. The van der Waals surface area contributed by atoms with Crippen LogP contribution >= 0.6 is 27.5 Å². The monoisotopic (exact) mass is 341 g/mol. The topological polar surface area (TPSA) is 46.9 Å². The van der Waals surface area contributed by atoms with Crippen LogP contribution in [0.15, 0.2) is 28.9 Å². The predicted molar refractivity (Wildman–Crippen MR) is 79.7 cm³/mol. The molecule has 0 fully saturated rings. The van der Waals surface area contributed by atoms with Gasteiger partial charge in [-0.1, -0.05) is 18.5 Å². The van der Waals surface area contributed by atoms with Crippen LogP contribution < -0.4 is 5.32 Å². The van der Waals surface area contributed by atoms with Crippen molar-refractivity contribution in [3.8, 4) is 0 Å². The third-order valence-corrected chi connectivity index (χ3v) is 3.88. The number of halogens is 2. The lowest BCUT2D eigenvalue weighted by atomic mass is 10.2. The minimum atomic E-state index is -0.167. The number of aromatic nitrogens is 2. The van der Waals surface area contributed by atoms with Crippen molar-refractivity contribution in [2.24, 2.45) is 7.05 Å². The molecule has 2 aromatic rings. The molecule has 1 heterocycles. The first-order valence-electron chi connectivity index (χ1n) is 5.80. The Kier molecular flexibility index (Phi) is 4.27. The number of benzene rings is 1. The van der Waals surface area contributed by atoms with E-state index in [1.54, 1.807) is 36.1 Å². The van der Waals surface area contributed by atoms with Gasteiger partial charge in [-0.05, 0) is 40.5 Å². The Morgan fingerprint density at radius 2 is 2.26 bits per heavy atom. The van der Waals surface area contributed by atoms with E-state index in [2.05, 4.69) is 26.3 Å². The Balaban J connectivity index is 2.22. The van der Waals surface area contributed by atoms with E-state index >= 15 is 0 Å². The largest absolute Gasteiger partial charge is 0.322 e. The number of hydrogen-bond donors (Lipinski definition) is 1. The maximum absolute atomic E-state index is 12.2. The van der Waals surface area contributed by atoms with Gasteiger partial charge in [-0.2, -0.15) is 5.10 Å². The van der Waals surface area contributed by atoms with Crippen LogP contribution in [0, 0.1) is 0 Å². The van der Waals surface area contributed by atoms with E-state index in [1.807, 2.05) is 6.92 Å². The Bertz CT molecular complexity index is 624. The normalized spacial score (nSPS) is 10.5. The van der Waals surface area contributed by atoms with Crippen molar-refractivity contribution in [2.75, 3.05) is 5.32 Å². The zero-order valence-corrected chi connectivity index (χ0v) is 12.9. The molecule has 0 atom stereocenters. The van der Waals surface area contributed by atoms with Crippen molar-refractivity contribution in [3.63, 3.8) is 0 Å². The summed E-state index contributed by atoms with van der Waals surface area (Å²) in [4.78, 5) is 12.2. The van der Waals surface area contributed by atoms with E-state index in [-0.39, 0.29) is 5.91 Å². The summed E-state index contributed by atoms with van der Waals surface area (Å²) in [6, 6.07) is 5.25. The molecular weight excluding hydrogens is 330 g/mol. The number of hydrogen-bond acceptors (Lipinski definition) is 2. The molecule has 0 aliphatic carbocycles. The van der Waals surface area contributed by atoms with Gasteiger partial charge in [-0.25, -0.2) is 0 Å². The summed E-state index contributed by atoms with van der Waals surface area (Å²) >= 11 is 9.24. The fraction of sp³-hybridized carbons (Fsp3) is 0.231. The number of aryl methyl sites for hydroxylation is 2. The molecule has 1 N–H and O–H groups in total. The zero-order valence-electron chi connectivity index (χ0n) is 10.6. The molecule has 1 amide bonds. The van der Waals surface area contributed by atoms with Crippen molar-refractivity contribution >= 4 is 39.1 Å². The third-order valence-electron chi connectivity index (χ3n) is 2.66. The van der Waals surface area contributed by atoms with Crippen LogP contribution in [0.4, 0.5) is 5.69 Å². The minimum Gasteiger partial charge on any atom is -0.322 e. The molecule has 6 heteroatoms. The van der Waals surface area contributed by atoms with Crippen LogP contribution in [0.5, 0.6) is 0 Å². The number of anilines is 1. The fourth-order valence-electron chi connectivity index (χ4n) is 1.76. The minimum absolute atomic E-state index is 0.167. The quantitative estimate of drug-likeness (QED) is 0.925. The zero-order chi connectivity index (χ0) is 14.0. The number of amides is 1. The Morgan fingerprint density at radius 1 is 1.53 bits per heavy atom. The molecule has 1 aromatic carbocycles. The van der Waals surface area contributed by atoms with Crippen LogP contribution in [0.25, 0.3) is 0 Å². The van der Waals surface area contributed by atoms with Crippen molar-refractivity contribution in [2.45, 2.75) is 13.3 Å². The van der Waals surface area contributed by atoms with Crippen LogP contribution in [0.3, 0.4) is 0 Å². The van der Waals surface area contributed by atoms with Gasteiger partial charge in [0.05, 0.1) is 16.3 Å². The number of carbonyl (C=O) groups is 1. The lowest BCUT2D eigenvalue weighted by Crippen LogP contribution is -2.13. The average Bonchev–Trinajstić information content (AvgIpc) is 2.75. The first-order valence-corrected chi connectivity index (χ1v) is 6.97. The molecule has 0 aliphatic rings. The average molecular weight is 343 g/mol. The van der Waals surface area contributed by atoms with E-state index in [1.165, 1.54) is 0 Å². The highest BCUT2D eigenvalue weighted by Crippen LogP contribution is 2.25. The lowest BCUT2D eigenvalue weighted by Gasteiger charge is -2.06. The van der Waals surface area contributed by atoms with E-state index in [9.17, 15) is 4.79 Å². The molecule has 0 spiro atoms. The summed E-state index contributed by atoms with van der Waals surface area (Å²) in [5.74, 6) is -0.167. The first kappa shape index (κ1) is 14.1. The third kappa shape index (κ3) is 3.16. The summed E-state index contributed by atoms with van der Waals surface area (Å²) in [7, 11) is 1.80. The maximum atomic E-state index is 12.2. The Labute approximate surface area is 124 Å². The van der Waals surface area contributed by atoms with Crippen molar-refractivity contribution in [3.05, 3.63) is 45.1 Å². The van der Waals surface area contributed by atoms with E-state index in [0.29, 0.717) is 22.7 Å². The number of nitrogens with one attached hydrogen (secondary N) is 1. The second-order valence-electron chi connectivity index (χ2n) is 4.10. The lowest BCUT2D eigenvalue weighted by molar-refractivity contribution is 0.102. The van der Waals surface area contributed by atoms with E-state index in [4.69, 9.17) is 11.6 Å². The molecule has 1 aromatic heterocycles. The van der Waals surface area contributed by atoms with Crippen molar-refractivity contribution < 1.29 is 4.79 Å². The molecule has 4 nitrogen and oxygen atoms in total. The van der Waals surface area contributed by atoms with Crippen molar-refractivity contribution in [1.82, 2.24) is 9.78 Å². The summed E-state index contributed by atoms with van der Waals surface area (Å²) < 4.78 is 2.39. The van der Waals surface area contributed by atoms with Crippen LogP contribution in [-0.2, 0) is 13.5 Å². The molecule has 0 bridgehead atoms. The molecular formula is C13H13BrClN3O. The molecule has 100 valence electrons. The molecule has 0 aliphatic heterocycles. The number of rotatable bonds is 3. The molecule has 0 radical (unpaired) electrons.